The maximum absolute atomic E-state index is 14.8. The van der Waals surface area contributed by atoms with Gasteiger partial charge in [-0.2, -0.15) is 0 Å². The van der Waals surface area contributed by atoms with Crippen LogP contribution < -0.4 is 9.62 Å². The molecule has 1 unspecified atom stereocenters. The zero-order valence-corrected chi connectivity index (χ0v) is 21.3. The van der Waals surface area contributed by atoms with E-state index in [1.165, 1.54) is 43.3 Å². The number of hydrogen-bond donors (Lipinski definition) is 2. The number of carbonyl (C=O) groups is 1. The van der Waals surface area contributed by atoms with E-state index in [4.69, 9.17) is 23.2 Å². The number of halogens is 3. The van der Waals surface area contributed by atoms with Crippen LogP contribution in [0, 0.1) is 5.82 Å². The number of amides is 1. The van der Waals surface area contributed by atoms with Crippen molar-refractivity contribution in [3.8, 4) is 0 Å². The minimum Gasteiger partial charge on any atom is -0.390 e. The van der Waals surface area contributed by atoms with Gasteiger partial charge >= 0.3 is 0 Å². The van der Waals surface area contributed by atoms with Crippen molar-refractivity contribution in [3.63, 3.8) is 0 Å². The van der Waals surface area contributed by atoms with Gasteiger partial charge < -0.3 is 10.4 Å². The third kappa shape index (κ3) is 7.57. The van der Waals surface area contributed by atoms with Crippen molar-refractivity contribution in [3.05, 3.63) is 58.3 Å². The molecule has 6 nitrogen and oxygen atoms in total. The molecule has 33 heavy (non-hydrogen) atoms. The van der Waals surface area contributed by atoms with E-state index in [1.807, 2.05) is 0 Å². The van der Waals surface area contributed by atoms with E-state index in [2.05, 4.69) is 5.32 Å². The van der Waals surface area contributed by atoms with Crippen LogP contribution in [-0.4, -0.2) is 37.1 Å². The van der Waals surface area contributed by atoms with Crippen LogP contribution in [0.4, 0.5) is 10.1 Å². The number of aliphatic hydroxyl groups is 1. The predicted octanol–water partition coefficient (Wildman–Crippen LogP) is 5.16. The van der Waals surface area contributed by atoms with Crippen LogP contribution in [0.5, 0.6) is 0 Å². The average molecular weight is 519 g/mol. The maximum atomic E-state index is 14.8. The summed E-state index contributed by atoms with van der Waals surface area (Å²) in [5, 5.41) is 13.1. The second-order valence-corrected chi connectivity index (χ2v) is 11.3. The standard InChI is InChI=1S/C23H29Cl2FN2O4S/c1-15(6-5-13-23(3,4)30)27-22(29)16(2)28(21-14-18(25)9-12-20(21)26)33(31,32)19-10-7-17(24)8-11-19/h7-12,14-16,30H,5-6,13H2,1-4H3,(H,27,29)/t15?,16-/m1/s1. The van der Waals surface area contributed by atoms with E-state index in [0.717, 1.165) is 10.4 Å². The van der Waals surface area contributed by atoms with Crippen LogP contribution in [0.1, 0.15) is 47.0 Å². The summed E-state index contributed by atoms with van der Waals surface area (Å²) >= 11 is 11.9. The summed E-state index contributed by atoms with van der Waals surface area (Å²) in [6.45, 7) is 6.58. The number of nitrogens with one attached hydrogen (secondary N) is 1. The molecule has 0 aromatic heterocycles. The van der Waals surface area contributed by atoms with Gasteiger partial charge in [-0.25, -0.2) is 12.8 Å². The molecule has 0 radical (unpaired) electrons. The van der Waals surface area contributed by atoms with Crippen LogP contribution in [0.2, 0.25) is 10.0 Å². The average Bonchev–Trinajstić information content (AvgIpc) is 2.69. The largest absolute Gasteiger partial charge is 0.390 e. The topological polar surface area (TPSA) is 86.7 Å². The Kier molecular flexibility index (Phi) is 9.16. The summed E-state index contributed by atoms with van der Waals surface area (Å²) in [5.41, 5.74) is -1.15. The monoisotopic (exact) mass is 518 g/mol. The van der Waals surface area contributed by atoms with Gasteiger partial charge in [0.05, 0.1) is 16.2 Å². The Hall–Kier alpha value is -1.87. The zero-order valence-electron chi connectivity index (χ0n) is 19.0. The predicted molar refractivity (Wildman–Crippen MR) is 130 cm³/mol. The minimum absolute atomic E-state index is 0.121. The van der Waals surface area contributed by atoms with Crippen molar-refractivity contribution in [2.24, 2.45) is 0 Å². The van der Waals surface area contributed by atoms with Crippen LogP contribution in [0.15, 0.2) is 47.4 Å². The molecule has 10 heteroatoms. The SMILES string of the molecule is CC(CCCC(C)(C)O)NC(=O)[C@@H](C)N(c1cc(Cl)ccc1F)S(=O)(=O)c1ccc(Cl)cc1. The summed E-state index contributed by atoms with van der Waals surface area (Å²) < 4.78 is 42.5. The molecular weight excluding hydrogens is 490 g/mol. The van der Waals surface area contributed by atoms with Crippen LogP contribution >= 0.6 is 23.2 Å². The van der Waals surface area contributed by atoms with Gasteiger partial charge in [0.2, 0.25) is 5.91 Å². The van der Waals surface area contributed by atoms with Gasteiger partial charge in [-0.05, 0) is 89.4 Å². The number of hydrogen-bond acceptors (Lipinski definition) is 4. The molecule has 0 aliphatic heterocycles. The van der Waals surface area contributed by atoms with E-state index < -0.39 is 33.4 Å². The molecule has 182 valence electrons. The van der Waals surface area contributed by atoms with Crippen molar-refractivity contribution >= 4 is 44.8 Å². The van der Waals surface area contributed by atoms with Gasteiger partial charge in [0.1, 0.15) is 11.9 Å². The Balaban J connectivity index is 2.36. The second-order valence-electron chi connectivity index (χ2n) is 8.64. The minimum atomic E-state index is -4.34. The first-order chi connectivity index (χ1) is 15.2. The smallest absolute Gasteiger partial charge is 0.265 e. The Morgan fingerprint density at radius 1 is 1.12 bits per heavy atom. The fraction of sp³-hybridized carbons (Fsp3) is 0.435. The van der Waals surface area contributed by atoms with Crippen LogP contribution in [-0.2, 0) is 14.8 Å². The van der Waals surface area contributed by atoms with Gasteiger partial charge in [0.15, 0.2) is 0 Å². The lowest BCUT2D eigenvalue weighted by molar-refractivity contribution is -0.122. The Morgan fingerprint density at radius 2 is 1.70 bits per heavy atom. The first kappa shape index (κ1) is 27.4. The van der Waals surface area contributed by atoms with Crippen LogP contribution in [0.3, 0.4) is 0 Å². The Bertz CT molecular complexity index is 1070. The highest BCUT2D eigenvalue weighted by Gasteiger charge is 2.35. The molecular formula is C23H29Cl2FN2O4S. The summed E-state index contributed by atoms with van der Waals surface area (Å²) in [6, 6.07) is 7.32. The molecule has 0 bridgehead atoms. The highest BCUT2D eigenvalue weighted by atomic mass is 35.5. The fourth-order valence-electron chi connectivity index (χ4n) is 3.30. The summed E-state index contributed by atoms with van der Waals surface area (Å²) in [6.07, 6.45) is 1.79. The first-order valence-corrected chi connectivity index (χ1v) is 12.7. The number of nitrogens with zero attached hydrogens (tertiary/aromatic N) is 1. The van der Waals surface area contributed by atoms with Gasteiger partial charge in [-0.15, -0.1) is 0 Å². The molecule has 0 fully saturated rings. The molecule has 1 amide bonds. The third-order valence-electron chi connectivity index (χ3n) is 5.06. The van der Waals surface area contributed by atoms with E-state index in [1.54, 1.807) is 20.8 Å². The normalized spacial score (nSPS) is 13.9. The van der Waals surface area contributed by atoms with Gasteiger partial charge in [0, 0.05) is 16.1 Å². The first-order valence-electron chi connectivity index (χ1n) is 10.5. The van der Waals surface area contributed by atoms with Crippen molar-refractivity contribution < 1.29 is 22.7 Å². The fourth-order valence-corrected chi connectivity index (χ4v) is 5.21. The molecule has 2 aromatic rings. The van der Waals surface area contributed by atoms with Crippen molar-refractivity contribution in [1.82, 2.24) is 5.32 Å². The molecule has 0 heterocycles. The maximum Gasteiger partial charge on any atom is 0.265 e. The molecule has 0 aliphatic carbocycles. The van der Waals surface area contributed by atoms with E-state index in [9.17, 15) is 22.7 Å². The Morgan fingerprint density at radius 3 is 2.27 bits per heavy atom. The summed E-state index contributed by atoms with van der Waals surface area (Å²) in [7, 11) is -4.34. The lowest BCUT2D eigenvalue weighted by Crippen LogP contribution is -2.50. The van der Waals surface area contributed by atoms with Gasteiger partial charge in [-0.3, -0.25) is 9.10 Å². The number of carbonyl (C=O) groups excluding carboxylic acids is 1. The van der Waals surface area contributed by atoms with E-state index in [0.29, 0.717) is 24.3 Å². The van der Waals surface area contributed by atoms with Crippen molar-refractivity contribution in [2.45, 2.75) is 69.5 Å². The molecule has 0 spiro atoms. The highest BCUT2D eigenvalue weighted by Crippen LogP contribution is 2.31. The molecule has 2 atom stereocenters. The summed E-state index contributed by atoms with van der Waals surface area (Å²) in [4.78, 5) is 12.9. The molecule has 0 saturated carbocycles. The zero-order chi connectivity index (χ0) is 25.0. The highest BCUT2D eigenvalue weighted by molar-refractivity contribution is 7.93. The van der Waals surface area contributed by atoms with Crippen LogP contribution in [0.25, 0.3) is 0 Å². The Labute approximate surface area is 204 Å². The van der Waals surface area contributed by atoms with Crippen molar-refractivity contribution in [2.75, 3.05) is 4.31 Å². The second kappa shape index (κ2) is 11.0. The van der Waals surface area contributed by atoms with E-state index >= 15 is 0 Å². The number of benzene rings is 2. The molecule has 2 aromatic carbocycles. The third-order valence-corrected chi connectivity index (χ3v) is 7.45. The van der Waals surface area contributed by atoms with Gasteiger partial charge in [0.25, 0.3) is 10.0 Å². The van der Waals surface area contributed by atoms with Crippen molar-refractivity contribution in [1.29, 1.82) is 0 Å². The molecule has 0 saturated heterocycles. The number of sulfonamides is 1. The lowest BCUT2D eigenvalue weighted by Gasteiger charge is -2.31. The summed E-state index contributed by atoms with van der Waals surface area (Å²) in [5.74, 6) is -1.43. The number of anilines is 1. The molecule has 2 N–H and O–H groups in total. The quantitative estimate of drug-likeness (QED) is 0.454. The number of rotatable bonds is 10. The van der Waals surface area contributed by atoms with Gasteiger partial charge in [-0.1, -0.05) is 23.2 Å². The molecule has 0 aliphatic rings. The van der Waals surface area contributed by atoms with E-state index in [-0.39, 0.29) is 21.6 Å². The lowest BCUT2D eigenvalue weighted by atomic mass is 10.00. The molecule has 2 rings (SSSR count).